The lowest BCUT2D eigenvalue weighted by molar-refractivity contribution is -0.0250. The third-order valence-electron chi connectivity index (χ3n) is 5.72. The molecule has 0 aromatic carbocycles. The van der Waals surface area contributed by atoms with Gasteiger partial charge in [0.15, 0.2) is 0 Å². The molecule has 0 aromatic rings. The van der Waals surface area contributed by atoms with Crippen molar-refractivity contribution in [2.45, 2.75) is 82.0 Å². The van der Waals surface area contributed by atoms with Crippen LogP contribution >= 0.6 is 0 Å². The molecule has 0 amide bonds. The first-order valence-corrected chi connectivity index (χ1v) is 8.32. The van der Waals surface area contributed by atoms with Crippen LogP contribution in [0, 0.1) is 5.92 Å². The largest absolute Gasteiger partial charge is 0.393 e. The molecule has 0 radical (unpaired) electrons. The van der Waals surface area contributed by atoms with Gasteiger partial charge < -0.3 is 10.2 Å². The first-order chi connectivity index (χ1) is 9.18. The highest BCUT2D eigenvalue weighted by Gasteiger charge is 2.41. The summed E-state index contributed by atoms with van der Waals surface area (Å²) in [5.74, 6) is 0.459. The van der Waals surface area contributed by atoms with Gasteiger partial charge in [-0.1, -0.05) is 25.7 Å². The Morgan fingerprint density at radius 3 is 2.42 bits per heavy atom. The van der Waals surface area contributed by atoms with Gasteiger partial charge in [0, 0.05) is 18.5 Å². The van der Waals surface area contributed by atoms with Crippen LogP contribution in [0.1, 0.15) is 64.2 Å². The molecule has 1 aliphatic heterocycles. The van der Waals surface area contributed by atoms with Crippen LogP contribution in [0.4, 0.5) is 0 Å². The molecule has 110 valence electrons. The molecule has 3 atom stereocenters. The predicted octanol–water partition coefficient (Wildman–Crippen LogP) is 2.31. The Kier molecular flexibility index (Phi) is 4.16. The van der Waals surface area contributed by atoms with Gasteiger partial charge in [0.1, 0.15) is 0 Å². The zero-order valence-corrected chi connectivity index (χ0v) is 12.1. The lowest BCUT2D eigenvalue weighted by atomic mass is 9.80. The Morgan fingerprint density at radius 1 is 0.947 bits per heavy atom. The van der Waals surface area contributed by atoms with Gasteiger partial charge >= 0.3 is 0 Å². The summed E-state index contributed by atoms with van der Waals surface area (Å²) in [5.41, 5.74) is -0.428. The number of hydrogen-bond donors (Lipinski definition) is 2. The molecule has 2 saturated carbocycles. The lowest BCUT2D eigenvalue weighted by Gasteiger charge is -2.39. The van der Waals surface area contributed by atoms with Crippen molar-refractivity contribution in [2.75, 3.05) is 13.1 Å². The maximum Gasteiger partial charge on any atom is 0.0774 e. The van der Waals surface area contributed by atoms with E-state index >= 15 is 0 Å². The van der Waals surface area contributed by atoms with Gasteiger partial charge in [-0.3, -0.25) is 4.90 Å². The standard InChI is InChI=1S/C16H29NO2/c18-15-8-2-1-6-13(15)14-7-5-11-17(14)12-16(19)9-3-4-10-16/h13-15,18-19H,1-12H2. The van der Waals surface area contributed by atoms with Gasteiger partial charge in [-0.25, -0.2) is 0 Å². The van der Waals surface area contributed by atoms with Gasteiger partial charge in [-0.05, 0) is 45.1 Å². The zero-order chi connectivity index (χ0) is 13.3. The fourth-order valence-corrected chi connectivity index (χ4v) is 4.69. The first-order valence-electron chi connectivity index (χ1n) is 8.32. The maximum absolute atomic E-state index is 10.6. The Bertz CT molecular complexity index is 301. The minimum Gasteiger partial charge on any atom is -0.393 e. The number of hydrogen-bond acceptors (Lipinski definition) is 3. The van der Waals surface area contributed by atoms with E-state index in [2.05, 4.69) is 4.90 Å². The van der Waals surface area contributed by atoms with Crippen molar-refractivity contribution < 1.29 is 10.2 Å². The number of nitrogens with zero attached hydrogens (tertiary/aromatic N) is 1. The highest BCUT2D eigenvalue weighted by Crippen LogP contribution is 2.37. The quantitative estimate of drug-likeness (QED) is 0.824. The second kappa shape index (κ2) is 5.71. The summed E-state index contributed by atoms with van der Waals surface area (Å²) >= 11 is 0. The molecule has 0 aromatic heterocycles. The molecule has 0 spiro atoms. The fourth-order valence-electron chi connectivity index (χ4n) is 4.69. The van der Waals surface area contributed by atoms with Crippen molar-refractivity contribution in [1.82, 2.24) is 4.90 Å². The van der Waals surface area contributed by atoms with E-state index < -0.39 is 5.60 Å². The molecule has 3 rings (SSSR count). The number of rotatable bonds is 3. The van der Waals surface area contributed by atoms with Crippen molar-refractivity contribution in [3.05, 3.63) is 0 Å². The van der Waals surface area contributed by atoms with E-state index in [4.69, 9.17) is 0 Å². The molecule has 3 unspecified atom stereocenters. The summed E-state index contributed by atoms with van der Waals surface area (Å²) in [6.07, 6.45) is 11.3. The number of likely N-dealkylation sites (tertiary alicyclic amines) is 1. The molecule has 2 N–H and O–H groups in total. The molecule has 0 bridgehead atoms. The highest BCUT2D eigenvalue weighted by atomic mass is 16.3. The van der Waals surface area contributed by atoms with Crippen molar-refractivity contribution in [3.63, 3.8) is 0 Å². The summed E-state index contributed by atoms with van der Waals surface area (Å²) < 4.78 is 0. The second-order valence-electron chi connectivity index (χ2n) is 7.13. The van der Waals surface area contributed by atoms with Crippen LogP contribution in [-0.4, -0.2) is 45.9 Å². The van der Waals surface area contributed by atoms with Crippen molar-refractivity contribution in [1.29, 1.82) is 0 Å². The van der Waals surface area contributed by atoms with Crippen LogP contribution in [0.15, 0.2) is 0 Å². The van der Waals surface area contributed by atoms with E-state index in [-0.39, 0.29) is 6.10 Å². The van der Waals surface area contributed by atoms with E-state index in [0.29, 0.717) is 12.0 Å². The monoisotopic (exact) mass is 267 g/mol. The predicted molar refractivity (Wildman–Crippen MR) is 76.0 cm³/mol. The summed E-state index contributed by atoms with van der Waals surface area (Å²) in [5, 5.41) is 20.9. The Morgan fingerprint density at radius 2 is 1.68 bits per heavy atom. The van der Waals surface area contributed by atoms with E-state index in [9.17, 15) is 10.2 Å². The fraction of sp³-hybridized carbons (Fsp3) is 1.00. The van der Waals surface area contributed by atoms with E-state index in [1.807, 2.05) is 0 Å². The molecular formula is C16H29NO2. The van der Waals surface area contributed by atoms with Crippen molar-refractivity contribution in [2.24, 2.45) is 5.92 Å². The summed E-state index contributed by atoms with van der Waals surface area (Å²) in [6.45, 7) is 1.97. The Hall–Kier alpha value is -0.120. The SMILES string of the molecule is OC1CCCCC1C1CCCN1CC1(O)CCCC1. The molecule has 1 saturated heterocycles. The summed E-state index contributed by atoms with van der Waals surface area (Å²) in [6, 6.07) is 0.528. The van der Waals surface area contributed by atoms with Crippen LogP contribution in [0.2, 0.25) is 0 Å². The van der Waals surface area contributed by atoms with Crippen LogP contribution < -0.4 is 0 Å². The van der Waals surface area contributed by atoms with Crippen LogP contribution in [0.3, 0.4) is 0 Å². The van der Waals surface area contributed by atoms with Gasteiger partial charge in [-0.2, -0.15) is 0 Å². The lowest BCUT2D eigenvalue weighted by Crippen LogP contribution is -2.48. The number of aliphatic hydroxyl groups excluding tert-OH is 1. The van der Waals surface area contributed by atoms with E-state index in [0.717, 1.165) is 32.4 Å². The number of aliphatic hydroxyl groups is 2. The molecule has 1 heterocycles. The minimum atomic E-state index is -0.428. The van der Waals surface area contributed by atoms with Gasteiger partial charge in [0.05, 0.1) is 11.7 Å². The normalized spacial score (nSPS) is 39.8. The van der Waals surface area contributed by atoms with E-state index in [1.54, 1.807) is 0 Å². The second-order valence-corrected chi connectivity index (χ2v) is 7.13. The first kappa shape index (κ1) is 13.8. The smallest absolute Gasteiger partial charge is 0.0774 e. The third kappa shape index (κ3) is 2.98. The van der Waals surface area contributed by atoms with E-state index in [1.165, 1.54) is 44.9 Å². The van der Waals surface area contributed by atoms with Gasteiger partial charge in [0.25, 0.3) is 0 Å². The van der Waals surface area contributed by atoms with Crippen LogP contribution in [0.25, 0.3) is 0 Å². The average molecular weight is 267 g/mol. The average Bonchev–Trinajstić information content (AvgIpc) is 3.00. The molecule has 3 aliphatic rings. The zero-order valence-electron chi connectivity index (χ0n) is 12.1. The van der Waals surface area contributed by atoms with Crippen molar-refractivity contribution in [3.8, 4) is 0 Å². The molecular weight excluding hydrogens is 238 g/mol. The molecule has 19 heavy (non-hydrogen) atoms. The summed E-state index contributed by atoms with van der Waals surface area (Å²) in [4.78, 5) is 2.50. The highest BCUT2D eigenvalue weighted by molar-refractivity contribution is 4.95. The maximum atomic E-state index is 10.6. The molecule has 2 aliphatic carbocycles. The third-order valence-corrected chi connectivity index (χ3v) is 5.72. The Labute approximate surface area is 117 Å². The molecule has 3 fully saturated rings. The van der Waals surface area contributed by atoms with Crippen LogP contribution in [-0.2, 0) is 0 Å². The minimum absolute atomic E-state index is 0.0995. The summed E-state index contributed by atoms with van der Waals surface area (Å²) in [7, 11) is 0. The van der Waals surface area contributed by atoms with Gasteiger partial charge in [0.2, 0.25) is 0 Å². The molecule has 3 heteroatoms. The van der Waals surface area contributed by atoms with Crippen molar-refractivity contribution >= 4 is 0 Å². The molecule has 3 nitrogen and oxygen atoms in total. The van der Waals surface area contributed by atoms with Crippen LogP contribution in [0.5, 0.6) is 0 Å². The number of β-amino-alcohol motifs (C(OH)–C–C–N with tert-alkyl or cyclic N) is 1. The Balaban J connectivity index is 1.63. The van der Waals surface area contributed by atoms with Gasteiger partial charge in [-0.15, -0.1) is 0 Å². The topological polar surface area (TPSA) is 43.7 Å².